The van der Waals surface area contributed by atoms with E-state index in [1.165, 1.54) is 47.2 Å². The number of anilines is 2. The van der Waals surface area contributed by atoms with Gasteiger partial charge in [-0.2, -0.15) is 0 Å². The second-order valence-electron chi connectivity index (χ2n) is 23.2. The molecule has 1 spiro atoms. The minimum absolute atomic E-state index is 0.0262. The molecule has 4 N–H and O–H groups in total. The van der Waals surface area contributed by atoms with E-state index < -0.39 is 37.0 Å². The lowest BCUT2D eigenvalue weighted by Gasteiger charge is -2.58. The van der Waals surface area contributed by atoms with Crippen molar-refractivity contribution in [2.45, 2.75) is 126 Å². The minimum atomic E-state index is -4.59. The summed E-state index contributed by atoms with van der Waals surface area (Å²) in [5.74, 6) is 1.81. The molecule has 11 rings (SSSR count). The number of benzene rings is 4. The number of rotatable bonds is 17. The molecular formula is C60H72N8O8S. The fraction of sp³-hybridized carbons (Fsp3) is 0.467. The van der Waals surface area contributed by atoms with E-state index in [1.807, 2.05) is 19.1 Å². The van der Waals surface area contributed by atoms with Gasteiger partial charge >= 0.3 is 0 Å². The number of piperazine rings is 1. The number of hydrogen-bond donors (Lipinski definition) is 4. The molecule has 3 saturated carbocycles. The lowest BCUT2D eigenvalue weighted by atomic mass is 9.59. The second kappa shape index (κ2) is 21.4. The molecular weight excluding hydrogens is 993 g/mol. The Labute approximate surface area is 451 Å². The minimum Gasteiger partial charge on any atom is -0.496 e. The largest absolute Gasteiger partial charge is 0.496 e. The van der Waals surface area contributed by atoms with Gasteiger partial charge in [-0.1, -0.05) is 50.2 Å². The Morgan fingerprint density at radius 1 is 0.909 bits per heavy atom. The van der Waals surface area contributed by atoms with E-state index in [1.54, 1.807) is 37.7 Å². The molecule has 16 nitrogen and oxygen atoms in total. The number of hydrogen-bond acceptors (Lipinski definition) is 13. The maximum absolute atomic E-state index is 14.1. The van der Waals surface area contributed by atoms with Crippen LogP contribution in [-0.2, 0) is 16.6 Å². The summed E-state index contributed by atoms with van der Waals surface area (Å²) in [6, 6.07) is 29.1. The molecule has 5 aliphatic rings. The first kappa shape index (κ1) is 52.5. The van der Waals surface area contributed by atoms with Crippen molar-refractivity contribution in [3.05, 3.63) is 141 Å². The van der Waals surface area contributed by atoms with Crippen molar-refractivity contribution < 1.29 is 32.7 Å². The van der Waals surface area contributed by atoms with Crippen LogP contribution in [0.25, 0.3) is 11.0 Å². The van der Waals surface area contributed by atoms with Crippen molar-refractivity contribution in [2.24, 2.45) is 11.3 Å². The SMILES string of the molecule is COc1ccc(CN2CCN(C3CC4(CCN(c5ccc(C(=O)NS(=O)(=O)c6ccc(NC[C@H]7CC[C@](C)(O)CC7)c([N+](=O)[O-])c6)c(Oc6cnc7[nH]ccc7c6)c5)CC4)C3)C(c3ccccc3C(C)C)C2)cc1C1CC1. The summed E-state index contributed by atoms with van der Waals surface area (Å²) in [5, 5.41) is 26.5. The highest BCUT2D eigenvalue weighted by atomic mass is 32.2. The van der Waals surface area contributed by atoms with Gasteiger partial charge < -0.3 is 29.8 Å². The number of nitrogens with zero attached hydrogens (tertiary/aromatic N) is 5. The molecule has 2 saturated heterocycles. The standard InChI is InChI=1S/C60H72N8O8S/c1-39(2)48-7-5-6-8-49(48)54-38-65(37-41-9-16-55(75-4)51(29-41)42-10-11-42)27-28-67(54)45-33-60(34-45)22-25-66(26-23-60)44-12-14-50(56(31-44)76-46-30-43-19-24-61-57(43)63-36-46)58(69)64-77(73,74)47-13-15-52(53(32-47)68(71)72)62-35-40-17-20-59(3,70)21-18-40/h5-9,12-16,19,24,29-32,36,39-40,42,45,54,62,70H,10-11,17-18,20-23,25-28,33-35,37-38H2,1-4H3,(H,61,63)(H,64,69)/t40-,54?,59-. The van der Waals surface area contributed by atoms with Gasteiger partial charge in [-0.3, -0.25) is 24.7 Å². The maximum atomic E-state index is 14.1. The highest BCUT2D eigenvalue weighted by Gasteiger charge is 2.50. The van der Waals surface area contributed by atoms with E-state index in [-0.39, 0.29) is 28.3 Å². The van der Waals surface area contributed by atoms with Crippen molar-refractivity contribution in [3.8, 4) is 17.2 Å². The first-order valence-electron chi connectivity index (χ1n) is 27.6. The topological polar surface area (TPSA) is 195 Å². The molecule has 5 fully saturated rings. The molecule has 2 aromatic heterocycles. The van der Waals surface area contributed by atoms with Gasteiger partial charge in [-0.05, 0) is 159 Å². The number of aliphatic hydroxyl groups is 1. The zero-order valence-electron chi connectivity index (χ0n) is 44.7. The molecule has 1 atom stereocenters. The number of H-pyrrole nitrogens is 1. The van der Waals surface area contributed by atoms with Crippen LogP contribution in [0.4, 0.5) is 17.1 Å². The molecule has 1 amide bonds. The lowest BCUT2D eigenvalue weighted by Crippen LogP contribution is -2.60. The number of nitrogens with one attached hydrogen (secondary N) is 3. The number of piperidine rings is 1. The molecule has 0 bridgehead atoms. The number of ether oxygens (including phenoxy) is 2. The van der Waals surface area contributed by atoms with Crippen LogP contribution in [0.5, 0.6) is 17.2 Å². The van der Waals surface area contributed by atoms with Gasteiger partial charge in [0.15, 0.2) is 0 Å². The van der Waals surface area contributed by atoms with Gasteiger partial charge in [0.05, 0.1) is 34.3 Å². The summed E-state index contributed by atoms with van der Waals surface area (Å²) in [6.45, 7) is 12.4. The van der Waals surface area contributed by atoms with Crippen LogP contribution in [0, 0.1) is 21.4 Å². The highest BCUT2D eigenvalue weighted by Crippen LogP contribution is 2.54. The molecule has 0 radical (unpaired) electrons. The average Bonchev–Trinajstić information content (AvgIpc) is 4.20. The number of pyridine rings is 1. The number of nitro groups is 1. The Kier molecular flexibility index (Phi) is 14.6. The number of methoxy groups -OCH3 is 1. The Morgan fingerprint density at radius 3 is 2.43 bits per heavy atom. The van der Waals surface area contributed by atoms with E-state index in [4.69, 9.17) is 9.47 Å². The van der Waals surface area contributed by atoms with Crippen LogP contribution in [0.2, 0.25) is 0 Å². The predicted octanol–water partition coefficient (Wildman–Crippen LogP) is 11.1. The van der Waals surface area contributed by atoms with E-state index in [2.05, 4.69) is 91.0 Å². The third-order valence-electron chi connectivity index (χ3n) is 17.5. The summed E-state index contributed by atoms with van der Waals surface area (Å²) in [7, 11) is -2.81. The lowest BCUT2D eigenvalue weighted by molar-refractivity contribution is -0.384. The van der Waals surface area contributed by atoms with Gasteiger partial charge in [0, 0.05) is 87.3 Å². The molecule has 4 heterocycles. The monoisotopic (exact) mass is 1060 g/mol. The summed E-state index contributed by atoms with van der Waals surface area (Å²) in [4.78, 5) is 40.7. The van der Waals surface area contributed by atoms with Crippen molar-refractivity contribution in [1.29, 1.82) is 0 Å². The van der Waals surface area contributed by atoms with Gasteiger partial charge in [0.2, 0.25) is 0 Å². The van der Waals surface area contributed by atoms with Crippen molar-refractivity contribution in [2.75, 3.05) is 56.6 Å². The summed E-state index contributed by atoms with van der Waals surface area (Å²) < 4.78 is 42.1. The first-order valence-corrected chi connectivity index (χ1v) is 29.1. The van der Waals surface area contributed by atoms with Crippen LogP contribution in [0.1, 0.15) is 135 Å². The molecule has 3 aliphatic carbocycles. The zero-order valence-corrected chi connectivity index (χ0v) is 45.5. The number of amides is 1. The van der Waals surface area contributed by atoms with Crippen molar-refractivity contribution >= 4 is 44.0 Å². The van der Waals surface area contributed by atoms with Gasteiger partial charge in [0.25, 0.3) is 21.6 Å². The smallest absolute Gasteiger partial charge is 0.293 e. The molecule has 4 aromatic carbocycles. The molecule has 6 aromatic rings. The van der Waals surface area contributed by atoms with E-state index >= 15 is 0 Å². The Morgan fingerprint density at radius 2 is 1.69 bits per heavy atom. The third-order valence-corrected chi connectivity index (χ3v) is 18.8. The van der Waals surface area contributed by atoms with Crippen molar-refractivity contribution in [3.63, 3.8) is 0 Å². The van der Waals surface area contributed by atoms with Gasteiger partial charge in [0.1, 0.15) is 28.6 Å². The molecule has 1 unspecified atom stereocenters. The average molecular weight is 1070 g/mol. The summed E-state index contributed by atoms with van der Waals surface area (Å²) >= 11 is 0. The number of sulfonamides is 1. The normalized spacial score (nSPS) is 22.2. The highest BCUT2D eigenvalue weighted by molar-refractivity contribution is 7.90. The Hall–Kier alpha value is -6.53. The fourth-order valence-corrected chi connectivity index (χ4v) is 13.8. The molecule has 2 aliphatic heterocycles. The quantitative estimate of drug-likeness (QED) is 0.0498. The Bertz CT molecular complexity index is 3260. The molecule has 406 valence electrons. The van der Waals surface area contributed by atoms with Crippen LogP contribution in [-0.4, -0.2) is 102 Å². The predicted molar refractivity (Wildman–Crippen MR) is 299 cm³/mol. The number of aromatic nitrogens is 2. The van der Waals surface area contributed by atoms with Crippen LogP contribution in [0.3, 0.4) is 0 Å². The molecule has 77 heavy (non-hydrogen) atoms. The van der Waals surface area contributed by atoms with Crippen LogP contribution in [0.15, 0.2) is 108 Å². The number of nitro benzene ring substituents is 1. The van der Waals surface area contributed by atoms with E-state index in [9.17, 15) is 28.4 Å². The van der Waals surface area contributed by atoms with Gasteiger partial charge in [-0.15, -0.1) is 0 Å². The number of carbonyl (C=O) groups excluding carboxylic acids is 1. The summed E-state index contributed by atoms with van der Waals surface area (Å²) in [5.41, 5.74) is 6.33. The number of fused-ring (bicyclic) bond motifs is 1. The van der Waals surface area contributed by atoms with Crippen LogP contribution < -0.4 is 24.4 Å². The van der Waals surface area contributed by atoms with Crippen molar-refractivity contribution in [1.82, 2.24) is 24.5 Å². The maximum Gasteiger partial charge on any atom is 0.293 e. The van der Waals surface area contributed by atoms with Gasteiger partial charge in [-0.25, -0.2) is 18.1 Å². The van der Waals surface area contributed by atoms with E-state index in [0.717, 1.165) is 101 Å². The third kappa shape index (κ3) is 11.4. The fourth-order valence-electron chi connectivity index (χ4n) is 12.8. The first-order chi connectivity index (χ1) is 37.0. The van der Waals surface area contributed by atoms with E-state index in [0.29, 0.717) is 54.7 Å². The zero-order chi connectivity index (χ0) is 53.6. The number of carbonyl (C=O) groups is 1. The van der Waals surface area contributed by atoms with Crippen LogP contribution >= 0.6 is 0 Å². The number of aromatic amines is 1. The molecule has 17 heteroatoms. The Balaban J connectivity index is 0.777. The second-order valence-corrected chi connectivity index (χ2v) is 24.9. The summed E-state index contributed by atoms with van der Waals surface area (Å²) in [6.07, 6.45) is 12.9.